The molecule has 0 radical (unpaired) electrons. The molecule has 0 aliphatic heterocycles. The number of hydrogen-bond acceptors (Lipinski definition) is 4. The van der Waals surface area contributed by atoms with Crippen LogP contribution in [0.25, 0.3) is 0 Å². The molecule has 0 aliphatic carbocycles. The van der Waals surface area contributed by atoms with Crippen LogP contribution in [0.3, 0.4) is 0 Å². The molecule has 3 rings (SSSR count). The fourth-order valence-electron chi connectivity index (χ4n) is 3.71. The highest BCUT2D eigenvalue weighted by atomic mass is 79.9. The molecule has 0 heterocycles. The molecule has 39 heavy (non-hydrogen) atoms. The van der Waals surface area contributed by atoms with Gasteiger partial charge in [-0.25, -0.2) is 8.42 Å². The van der Waals surface area contributed by atoms with E-state index in [1.165, 1.54) is 35.2 Å². The molecule has 1 N–H and O–H groups in total. The van der Waals surface area contributed by atoms with Crippen LogP contribution in [-0.2, 0) is 26.2 Å². The zero-order chi connectivity index (χ0) is 28.7. The first kappa shape index (κ1) is 30.9. The number of benzene rings is 3. The number of carbonyl (C=O) groups is 2. The molecule has 3 aromatic carbocycles. The Morgan fingerprint density at radius 3 is 2.15 bits per heavy atom. The fraction of sp³-hybridized carbons (Fsp3) is 0.286. The zero-order valence-corrected chi connectivity index (χ0v) is 25.7. The molecule has 0 aliphatic rings. The first-order valence-electron chi connectivity index (χ1n) is 12.2. The molecular weight excluding hydrogens is 625 g/mol. The molecule has 0 saturated carbocycles. The Hall–Kier alpha value is -2.59. The standard InChI is InChI=1S/C28H30BrCl2N3O4S/c1-19(2)16-32-28(36)20(3)33(17-21-9-11-22(29)12-10-21)27(35)18-34(23-13-14-25(30)26(31)15-23)39(37,38)24-7-5-4-6-8-24/h4-15,19-20H,16-18H2,1-3H3,(H,32,36). The lowest BCUT2D eigenvalue weighted by Crippen LogP contribution is -2.51. The van der Waals surface area contributed by atoms with Crippen LogP contribution in [0.1, 0.15) is 26.3 Å². The lowest BCUT2D eigenvalue weighted by molar-refractivity contribution is -0.139. The summed E-state index contributed by atoms with van der Waals surface area (Å²) in [6.07, 6.45) is 0. The molecule has 3 aromatic rings. The molecule has 1 atom stereocenters. The van der Waals surface area contributed by atoms with E-state index in [1.54, 1.807) is 25.1 Å². The topological polar surface area (TPSA) is 86.8 Å². The summed E-state index contributed by atoms with van der Waals surface area (Å²) in [5.74, 6) is -0.671. The predicted octanol–water partition coefficient (Wildman–Crippen LogP) is 6.14. The van der Waals surface area contributed by atoms with Gasteiger partial charge in [0.15, 0.2) is 0 Å². The molecule has 0 fully saturated rings. The highest BCUT2D eigenvalue weighted by Crippen LogP contribution is 2.31. The van der Waals surface area contributed by atoms with E-state index in [-0.39, 0.29) is 39.0 Å². The Kier molecular flexibility index (Phi) is 10.8. The van der Waals surface area contributed by atoms with Crippen molar-refractivity contribution < 1.29 is 18.0 Å². The number of amides is 2. The quantitative estimate of drug-likeness (QED) is 0.269. The molecule has 208 valence electrons. The molecule has 0 bridgehead atoms. The number of anilines is 1. The lowest BCUT2D eigenvalue weighted by atomic mass is 10.1. The Morgan fingerprint density at radius 1 is 0.923 bits per heavy atom. The van der Waals surface area contributed by atoms with Gasteiger partial charge in [0.1, 0.15) is 12.6 Å². The van der Waals surface area contributed by atoms with Gasteiger partial charge in [0, 0.05) is 17.6 Å². The molecule has 1 unspecified atom stereocenters. The van der Waals surface area contributed by atoms with E-state index >= 15 is 0 Å². The molecule has 2 amide bonds. The highest BCUT2D eigenvalue weighted by molar-refractivity contribution is 9.10. The second-order valence-electron chi connectivity index (χ2n) is 9.39. The molecule has 0 aromatic heterocycles. The smallest absolute Gasteiger partial charge is 0.264 e. The van der Waals surface area contributed by atoms with Gasteiger partial charge in [0.05, 0.1) is 20.6 Å². The van der Waals surface area contributed by atoms with Gasteiger partial charge in [-0.1, -0.05) is 83.3 Å². The van der Waals surface area contributed by atoms with E-state index in [9.17, 15) is 18.0 Å². The van der Waals surface area contributed by atoms with Crippen LogP contribution in [0.4, 0.5) is 5.69 Å². The van der Waals surface area contributed by atoms with Gasteiger partial charge in [-0.05, 0) is 60.9 Å². The summed E-state index contributed by atoms with van der Waals surface area (Å²) in [7, 11) is -4.18. The number of halogens is 3. The zero-order valence-electron chi connectivity index (χ0n) is 21.8. The summed E-state index contributed by atoms with van der Waals surface area (Å²) in [5.41, 5.74) is 0.948. The van der Waals surface area contributed by atoms with E-state index in [1.807, 2.05) is 38.1 Å². The third-order valence-corrected chi connectivity index (χ3v) is 8.98. The SMILES string of the molecule is CC(C)CNC(=O)C(C)N(Cc1ccc(Br)cc1)C(=O)CN(c1ccc(Cl)c(Cl)c1)S(=O)(=O)c1ccccc1. The van der Waals surface area contributed by atoms with E-state index < -0.39 is 28.5 Å². The normalized spacial score (nSPS) is 12.2. The predicted molar refractivity (Wildman–Crippen MR) is 159 cm³/mol. The maximum absolute atomic E-state index is 13.9. The maximum Gasteiger partial charge on any atom is 0.264 e. The van der Waals surface area contributed by atoms with Gasteiger partial charge in [-0.15, -0.1) is 0 Å². The van der Waals surface area contributed by atoms with Crippen molar-refractivity contribution in [3.05, 3.63) is 92.9 Å². The number of rotatable bonds is 11. The lowest BCUT2D eigenvalue weighted by Gasteiger charge is -2.32. The van der Waals surface area contributed by atoms with Gasteiger partial charge in [0.25, 0.3) is 10.0 Å². The van der Waals surface area contributed by atoms with Crippen molar-refractivity contribution in [2.75, 3.05) is 17.4 Å². The minimum atomic E-state index is -4.18. The van der Waals surface area contributed by atoms with Crippen LogP contribution in [-0.4, -0.2) is 44.3 Å². The average Bonchev–Trinajstić information content (AvgIpc) is 2.91. The number of carbonyl (C=O) groups excluding carboxylic acids is 2. The summed E-state index contributed by atoms with van der Waals surface area (Å²) >= 11 is 15.7. The number of nitrogens with one attached hydrogen (secondary N) is 1. The number of sulfonamides is 1. The summed E-state index contributed by atoms with van der Waals surface area (Å²) in [6, 6.07) is 18.6. The van der Waals surface area contributed by atoms with E-state index in [0.29, 0.717) is 6.54 Å². The van der Waals surface area contributed by atoms with E-state index in [0.717, 1.165) is 14.3 Å². The van der Waals surface area contributed by atoms with Crippen molar-refractivity contribution >= 4 is 66.7 Å². The van der Waals surface area contributed by atoms with Crippen LogP contribution in [0.15, 0.2) is 82.2 Å². The second kappa shape index (κ2) is 13.7. The summed E-state index contributed by atoms with van der Waals surface area (Å²) < 4.78 is 29.4. The van der Waals surface area contributed by atoms with Crippen molar-refractivity contribution in [3.63, 3.8) is 0 Å². The first-order chi connectivity index (χ1) is 18.4. The summed E-state index contributed by atoms with van der Waals surface area (Å²) in [4.78, 5) is 28.3. The van der Waals surface area contributed by atoms with Gasteiger partial charge in [-0.2, -0.15) is 0 Å². The monoisotopic (exact) mass is 653 g/mol. The third-order valence-electron chi connectivity index (χ3n) is 5.92. The van der Waals surface area contributed by atoms with Crippen molar-refractivity contribution in [3.8, 4) is 0 Å². The van der Waals surface area contributed by atoms with Crippen LogP contribution >= 0.6 is 39.1 Å². The van der Waals surface area contributed by atoms with Gasteiger partial charge < -0.3 is 10.2 Å². The van der Waals surface area contributed by atoms with Crippen LogP contribution in [0.5, 0.6) is 0 Å². The van der Waals surface area contributed by atoms with Crippen molar-refractivity contribution in [2.45, 2.75) is 38.3 Å². The Morgan fingerprint density at radius 2 is 1.56 bits per heavy atom. The third kappa shape index (κ3) is 8.20. The van der Waals surface area contributed by atoms with Gasteiger partial charge in [-0.3, -0.25) is 13.9 Å². The first-order valence-corrected chi connectivity index (χ1v) is 15.2. The van der Waals surface area contributed by atoms with E-state index in [2.05, 4.69) is 21.2 Å². The molecule has 11 heteroatoms. The molecule has 7 nitrogen and oxygen atoms in total. The Labute approximate surface area is 248 Å². The minimum absolute atomic E-state index is 0.00561. The van der Waals surface area contributed by atoms with Gasteiger partial charge >= 0.3 is 0 Å². The van der Waals surface area contributed by atoms with Crippen molar-refractivity contribution in [2.24, 2.45) is 5.92 Å². The van der Waals surface area contributed by atoms with Crippen molar-refractivity contribution in [1.29, 1.82) is 0 Å². The Bertz CT molecular complexity index is 1400. The maximum atomic E-state index is 13.9. The molecule has 0 spiro atoms. The van der Waals surface area contributed by atoms with Crippen LogP contribution in [0, 0.1) is 5.92 Å². The van der Waals surface area contributed by atoms with Gasteiger partial charge in [0.2, 0.25) is 11.8 Å². The van der Waals surface area contributed by atoms with Crippen molar-refractivity contribution in [1.82, 2.24) is 10.2 Å². The summed E-state index contributed by atoms with van der Waals surface area (Å²) in [5, 5.41) is 3.25. The second-order valence-corrected chi connectivity index (χ2v) is 13.0. The number of hydrogen-bond donors (Lipinski definition) is 1. The fourth-order valence-corrected chi connectivity index (χ4v) is 5.69. The summed E-state index contributed by atoms with van der Waals surface area (Å²) in [6.45, 7) is 5.55. The molecular formula is C28H30BrCl2N3O4S. The highest BCUT2D eigenvalue weighted by Gasteiger charge is 2.32. The molecule has 0 saturated heterocycles. The number of nitrogens with zero attached hydrogens (tertiary/aromatic N) is 2. The largest absolute Gasteiger partial charge is 0.354 e. The van der Waals surface area contributed by atoms with E-state index in [4.69, 9.17) is 23.2 Å². The van der Waals surface area contributed by atoms with Crippen LogP contribution in [0.2, 0.25) is 10.0 Å². The average molecular weight is 655 g/mol. The van der Waals surface area contributed by atoms with Crippen LogP contribution < -0.4 is 9.62 Å². The minimum Gasteiger partial charge on any atom is -0.354 e. The Balaban J connectivity index is 2.02.